The highest BCUT2D eigenvalue weighted by Crippen LogP contribution is 2.51. The molecule has 0 atom stereocenters. The molecule has 0 spiro atoms. The molecule has 0 unspecified atom stereocenters. The summed E-state index contributed by atoms with van der Waals surface area (Å²) in [6.07, 6.45) is 3.05. The molecule has 0 bridgehead atoms. The highest BCUT2D eigenvalue weighted by molar-refractivity contribution is 6.25. The lowest BCUT2D eigenvalue weighted by Gasteiger charge is -2.41. The fraction of sp³-hybridized carbons (Fsp3) is 0.250. The lowest BCUT2D eigenvalue weighted by Crippen LogP contribution is -2.50. The number of halogens is 1. The number of piperazine rings is 1. The third-order valence-corrected chi connectivity index (χ3v) is 10.3. The maximum absolute atomic E-state index is 14.7. The maximum Gasteiger partial charge on any atom is 0.259 e. The first-order valence-corrected chi connectivity index (χ1v) is 16.3. The van der Waals surface area contributed by atoms with Crippen molar-refractivity contribution in [3.63, 3.8) is 0 Å². The van der Waals surface area contributed by atoms with Gasteiger partial charge in [0.05, 0.1) is 36.7 Å². The molecule has 1 saturated heterocycles. The molecular weight excluding hydrogens is 587 g/mol. The second-order valence-electron chi connectivity index (χ2n) is 12.9. The van der Waals surface area contributed by atoms with Gasteiger partial charge >= 0.3 is 0 Å². The minimum absolute atomic E-state index is 0.0422. The summed E-state index contributed by atoms with van der Waals surface area (Å²) in [6, 6.07) is 34.1. The van der Waals surface area contributed by atoms with Gasteiger partial charge in [-0.15, -0.1) is 0 Å². The fourth-order valence-corrected chi connectivity index (χ4v) is 7.60. The van der Waals surface area contributed by atoms with Crippen molar-refractivity contribution in [2.75, 3.05) is 43.1 Å². The van der Waals surface area contributed by atoms with Crippen molar-refractivity contribution < 1.29 is 13.9 Å². The number of rotatable bonds is 8. The Morgan fingerprint density at radius 3 is 2.26 bits per heavy atom. The van der Waals surface area contributed by atoms with Crippen molar-refractivity contribution in [3.8, 4) is 11.8 Å². The molecule has 8 rings (SSSR count). The minimum Gasteiger partial charge on any atom is -0.497 e. The molecule has 2 fully saturated rings. The third kappa shape index (κ3) is 5.10. The zero-order chi connectivity index (χ0) is 32.1. The summed E-state index contributed by atoms with van der Waals surface area (Å²) in [5.41, 5.74) is 7.57. The number of nitrogens with zero attached hydrogens (tertiary/aromatic N) is 4. The van der Waals surface area contributed by atoms with Crippen LogP contribution in [-0.4, -0.2) is 44.1 Å². The van der Waals surface area contributed by atoms with Gasteiger partial charge in [-0.2, -0.15) is 5.26 Å². The Balaban J connectivity index is 0.975. The highest BCUT2D eigenvalue weighted by Gasteiger charge is 2.49. The van der Waals surface area contributed by atoms with Gasteiger partial charge in [-0.3, -0.25) is 9.69 Å². The van der Waals surface area contributed by atoms with Crippen LogP contribution in [0.1, 0.15) is 51.0 Å². The second kappa shape index (κ2) is 11.6. The lowest BCUT2D eigenvalue weighted by atomic mass is 9.94. The Kier molecular flexibility index (Phi) is 7.19. The van der Waals surface area contributed by atoms with Crippen LogP contribution < -0.4 is 14.5 Å². The van der Waals surface area contributed by atoms with E-state index in [1.807, 2.05) is 47.4 Å². The van der Waals surface area contributed by atoms with E-state index >= 15 is 0 Å². The standard InChI is InChI=1S/C40H35FN4O2/c1-47-32-13-7-28(8-14-32)26-45-37-16-10-30(33-3-2-4-34(38(33)37)39(45)46)23-27-5-11-31(12-6-27)40(17-18-40)44-21-19-43(20-22-44)36-15-9-29(25-42)24-35(36)41/h2-16,24H,17-23,26H2,1H3. The number of ether oxygens (including phenoxy) is 1. The molecule has 2 aliphatic heterocycles. The van der Waals surface area contributed by atoms with Gasteiger partial charge in [0.25, 0.3) is 5.91 Å². The number of methoxy groups -OCH3 is 1. The number of nitriles is 1. The summed E-state index contributed by atoms with van der Waals surface area (Å²) in [7, 11) is 1.65. The third-order valence-electron chi connectivity index (χ3n) is 10.3. The number of carbonyl (C=O) groups excluding carboxylic acids is 1. The van der Waals surface area contributed by atoms with E-state index in [1.54, 1.807) is 19.2 Å². The molecule has 1 saturated carbocycles. The zero-order valence-corrected chi connectivity index (χ0v) is 26.4. The predicted molar refractivity (Wildman–Crippen MR) is 183 cm³/mol. The van der Waals surface area contributed by atoms with Gasteiger partial charge in [-0.05, 0) is 89.4 Å². The van der Waals surface area contributed by atoms with Crippen molar-refractivity contribution in [1.29, 1.82) is 5.26 Å². The van der Waals surface area contributed by atoms with E-state index in [-0.39, 0.29) is 17.3 Å². The van der Waals surface area contributed by atoms with Gasteiger partial charge in [-0.25, -0.2) is 4.39 Å². The van der Waals surface area contributed by atoms with Crippen molar-refractivity contribution in [1.82, 2.24) is 4.90 Å². The molecule has 5 aromatic rings. The summed E-state index contributed by atoms with van der Waals surface area (Å²) < 4.78 is 20.0. The molecule has 6 nitrogen and oxygen atoms in total. The number of carbonyl (C=O) groups is 1. The Morgan fingerprint density at radius 2 is 1.57 bits per heavy atom. The van der Waals surface area contributed by atoms with Crippen LogP contribution >= 0.6 is 0 Å². The Labute approximate surface area is 274 Å². The quantitative estimate of drug-likeness (QED) is 0.180. The van der Waals surface area contributed by atoms with Gasteiger partial charge in [0, 0.05) is 42.7 Å². The van der Waals surface area contributed by atoms with E-state index in [0.717, 1.165) is 78.8 Å². The molecule has 0 aromatic heterocycles. The smallest absolute Gasteiger partial charge is 0.259 e. The van der Waals surface area contributed by atoms with Gasteiger partial charge in [0.1, 0.15) is 11.6 Å². The topological polar surface area (TPSA) is 59.8 Å². The minimum atomic E-state index is -0.327. The summed E-state index contributed by atoms with van der Waals surface area (Å²) in [4.78, 5) is 20.1. The van der Waals surface area contributed by atoms with E-state index in [9.17, 15) is 9.18 Å². The van der Waals surface area contributed by atoms with Crippen LogP contribution in [0.2, 0.25) is 0 Å². The molecule has 234 valence electrons. The van der Waals surface area contributed by atoms with Crippen molar-refractivity contribution in [2.45, 2.75) is 31.3 Å². The molecule has 7 heteroatoms. The van der Waals surface area contributed by atoms with Crippen molar-refractivity contribution in [3.05, 3.63) is 136 Å². The van der Waals surface area contributed by atoms with Crippen LogP contribution in [0.4, 0.5) is 15.8 Å². The molecule has 1 amide bonds. The van der Waals surface area contributed by atoms with Crippen LogP contribution in [0.15, 0.2) is 97.1 Å². The molecule has 3 aliphatic rings. The molecule has 5 aromatic carbocycles. The number of amides is 1. The van der Waals surface area contributed by atoms with Crippen molar-refractivity contribution in [2.24, 2.45) is 0 Å². The Bertz CT molecular complexity index is 2040. The van der Waals surface area contributed by atoms with Gasteiger partial charge < -0.3 is 14.5 Å². The fourth-order valence-electron chi connectivity index (χ4n) is 7.60. The molecule has 0 N–H and O–H groups in total. The first-order valence-electron chi connectivity index (χ1n) is 16.3. The summed E-state index contributed by atoms with van der Waals surface area (Å²) in [5, 5.41) is 11.2. The van der Waals surface area contributed by atoms with E-state index in [4.69, 9.17) is 10.00 Å². The number of hydrogen-bond acceptors (Lipinski definition) is 5. The maximum atomic E-state index is 14.7. The van der Waals surface area contributed by atoms with Gasteiger partial charge in [0.15, 0.2) is 0 Å². The first-order chi connectivity index (χ1) is 23.0. The average molecular weight is 623 g/mol. The Hall–Kier alpha value is -5.19. The molecule has 0 radical (unpaired) electrons. The van der Waals surface area contributed by atoms with E-state index in [0.29, 0.717) is 17.8 Å². The lowest BCUT2D eigenvalue weighted by molar-refractivity contribution is 0.0991. The van der Waals surface area contributed by atoms with Crippen LogP contribution in [0.5, 0.6) is 5.75 Å². The van der Waals surface area contributed by atoms with Gasteiger partial charge in [-0.1, -0.05) is 54.6 Å². The number of anilines is 2. The summed E-state index contributed by atoms with van der Waals surface area (Å²) in [5.74, 6) is 0.515. The SMILES string of the molecule is COc1ccc(CN2C(=O)c3cccc4c(Cc5ccc(C6(N7CCN(c8ccc(C#N)cc8F)CC7)CC6)cc5)ccc2c34)cc1. The molecular formula is C40H35FN4O2. The molecule has 1 aliphatic carbocycles. The van der Waals surface area contributed by atoms with Crippen LogP contribution in [0.3, 0.4) is 0 Å². The highest BCUT2D eigenvalue weighted by atomic mass is 19.1. The number of benzene rings is 5. The predicted octanol–water partition coefficient (Wildman–Crippen LogP) is 7.42. The molecule has 47 heavy (non-hydrogen) atoms. The Morgan fingerprint density at radius 1 is 0.851 bits per heavy atom. The monoisotopic (exact) mass is 622 g/mol. The average Bonchev–Trinajstić information content (AvgIpc) is 3.88. The van der Waals surface area contributed by atoms with Crippen LogP contribution in [-0.2, 0) is 18.5 Å². The van der Waals surface area contributed by atoms with Crippen molar-refractivity contribution >= 4 is 28.1 Å². The normalized spacial score (nSPS) is 16.8. The van der Waals surface area contributed by atoms with Crippen LogP contribution in [0, 0.1) is 17.1 Å². The van der Waals surface area contributed by atoms with Gasteiger partial charge in [0.2, 0.25) is 0 Å². The summed E-state index contributed by atoms with van der Waals surface area (Å²) in [6.45, 7) is 3.77. The van der Waals surface area contributed by atoms with E-state index in [1.165, 1.54) is 22.8 Å². The summed E-state index contributed by atoms with van der Waals surface area (Å²) >= 11 is 0. The molecule has 2 heterocycles. The van der Waals surface area contributed by atoms with Crippen LogP contribution in [0.25, 0.3) is 10.8 Å². The first kappa shape index (κ1) is 29.2. The van der Waals surface area contributed by atoms with E-state index in [2.05, 4.69) is 52.3 Å². The largest absolute Gasteiger partial charge is 0.497 e. The second-order valence-corrected chi connectivity index (χ2v) is 12.9. The zero-order valence-electron chi connectivity index (χ0n) is 26.4. The number of hydrogen-bond donors (Lipinski definition) is 0. The van der Waals surface area contributed by atoms with E-state index < -0.39 is 0 Å².